The number of nitrogens with one attached hydrogen (secondary N) is 1. The molecule has 0 radical (unpaired) electrons. The largest absolute Gasteiger partial charge is 0.480 e. The maximum absolute atomic E-state index is 11.8. The van der Waals surface area contributed by atoms with Crippen LogP contribution in [-0.4, -0.2) is 33.8 Å². The Balaban J connectivity index is 2.11. The number of aliphatic carboxylic acids is 1. The quantitative estimate of drug-likeness (QED) is 0.905. The van der Waals surface area contributed by atoms with E-state index in [-0.39, 0.29) is 6.42 Å². The fraction of sp³-hybridized carbons (Fsp3) is 0.353. The maximum atomic E-state index is 11.8. The van der Waals surface area contributed by atoms with Crippen LogP contribution in [0.2, 0.25) is 0 Å². The molecule has 2 rings (SSSR count). The van der Waals surface area contributed by atoms with Crippen molar-refractivity contribution in [1.29, 1.82) is 0 Å². The Bertz CT molecular complexity index is 722. The Morgan fingerprint density at radius 3 is 2.70 bits per heavy atom. The Morgan fingerprint density at radius 1 is 1.30 bits per heavy atom. The summed E-state index contributed by atoms with van der Waals surface area (Å²) in [5.41, 5.74) is 0.881. The number of alkyl carbamates (subject to hydrolysis) is 1. The highest BCUT2D eigenvalue weighted by atomic mass is 16.6. The van der Waals surface area contributed by atoms with E-state index in [9.17, 15) is 14.7 Å². The number of pyridine rings is 1. The molecule has 1 heterocycles. The standard InChI is InChI=1S/C17H20N2O4/c1-17(2,3)23-16(22)19-14(15(20)21)10-11-6-7-12-5-4-8-18-13(12)9-11/h4-9,14H,10H2,1-3H3,(H,19,22)(H,20,21)/t14-/m1/s1. The third-order valence-electron chi connectivity index (χ3n) is 3.10. The maximum Gasteiger partial charge on any atom is 0.408 e. The number of nitrogens with zero attached hydrogens (tertiary/aromatic N) is 1. The van der Waals surface area contributed by atoms with E-state index in [1.54, 1.807) is 27.0 Å². The number of benzene rings is 1. The van der Waals surface area contributed by atoms with Crippen molar-refractivity contribution < 1.29 is 19.4 Å². The lowest BCUT2D eigenvalue weighted by atomic mass is 10.0. The van der Waals surface area contributed by atoms with Crippen LogP contribution in [0.1, 0.15) is 26.3 Å². The number of ether oxygens (including phenoxy) is 1. The predicted molar refractivity (Wildman–Crippen MR) is 86.2 cm³/mol. The summed E-state index contributed by atoms with van der Waals surface area (Å²) in [6.45, 7) is 5.16. The number of fused-ring (bicyclic) bond motifs is 1. The topological polar surface area (TPSA) is 88.5 Å². The lowest BCUT2D eigenvalue weighted by molar-refractivity contribution is -0.139. The summed E-state index contributed by atoms with van der Waals surface area (Å²) in [5.74, 6) is -1.11. The molecule has 0 unspecified atom stereocenters. The molecule has 0 aliphatic rings. The lowest BCUT2D eigenvalue weighted by Gasteiger charge is -2.22. The van der Waals surface area contributed by atoms with Gasteiger partial charge in [0.25, 0.3) is 0 Å². The zero-order valence-electron chi connectivity index (χ0n) is 13.4. The Hall–Kier alpha value is -2.63. The van der Waals surface area contributed by atoms with E-state index in [1.165, 1.54) is 0 Å². The molecule has 6 nitrogen and oxygen atoms in total. The minimum absolute atomic E-state index is 0.154. The lowest BCUT2D eigenvalue weighted by Crippen LogP contribution is -2.44. The van der Waals surface area contributed by atoms with Crippen molar-refractivity contribution in [2.24, 2.45) is 0 Å². The molecule has 0 saturated heterocycles. The first-order chi connectivity index (χ1) is 10.7. The van der Waals surface area contributed by atoms with E-state index >= 15 is 0 Å². The van der Waals surface area contributed by atoms with Gasteiger partial charge in [-0.05, 0) is 38.5 Å². The molecule has 0 aliphatic heterocycles. The van der Waals surface area contributed by atoms with Gasteiger partial charge in [-0.25, -0.2) is 9.59 Å². The molecule has 0 fully saturated rings. The molecule has 6 heteroatoms. The van der Waals surface area contributed by atoms with Gasteiger partial charge in [-0.1, -0.05) is 18.2 Å². The van der Waals surface area contributed by atoms with Crippen molar-refractivity contribution in [3.63, 3.8) is 0 Å². The van der Waals surface area contributed by atoms with E-state index in [4.69, 9.17) is 4.74 Å². The van der Waals surface area contributed by atoms with E-state index in [2.05, 4.69) is 10.3 Å². The molecule has 1 amide bonds. The van der Waals surface area contributed by atoms with Gasteiger partial charge in [0.05, 0.1) is 5.52 Å². The van der Waals surface area contributed by atoms with Crippen molar-refractivity contribution in [2.75, 3.05) is 0 Å². The van der Waals surface area contributed by atoms with Crippen LogP contribution in [0.25, 0.3) is 10.9 Å². The van der Waals surface area contributed by atoms with Gasteiger partial charge in [0.1, 0.15) is 11.6 Å². The molecule has 0 bridgehead atoms. The summed E-state index contributed by atoms with van der Waals surface area (Å²) >= 11 is 0. The van der Waals surface area contributed by atoms with Crippen LogP contribution in [0.5, 0.6) is 0 Å². The zero-order valence-corrected chi connectivity index (χ0v) is 13.4. The van der Waals surface area contributed by atoms with Gasteiger partial charge in [0.2, 0.25) is 0 Å². The molecule has 23 heavy (non-hydrogen) atoms. The number of hydrogen-bond donors (Lipinski definition) is 2. The molecule has 0 spiro atoms. The Kier molecular flexibility index (Phi) is 4.83. The van der Waals surface area contributed by atoms with Crippen LogP contribution >= 0.6 is 0 Å². The zero-order chi connectivity index (χ0) is 17.0. The van der Waals surface area contributed by atoms with Gasteiger partial charge in [-0.15, -0.1) is 0 Å². The summed E-state index contributed by atoms with van der Waals surface area (Å²) in [5, 5.41) is 12.7. The first kappa shape index (κ1) is 16.7. The molecular weight excluding hydrogens is 296 g/mol. The average molecular weight is 316 g/mol. The molecule has 0 saturated carbocycles. The fourth-order valence-corrected chi connectivity index (χ4v) is 2.12. The van der Waals surface area contributed by atoms with Crippen molar-refractivity contribution in [3.8, 4) is 0 Å². The molecule has 1 aromatic carbocycles. The third kappa shape index (κ3) is 4.95. The summed E-state index contributed by atoms with van der Waals surface area (Å²) in [6.07, 6.45) is 1.09. The molecule has 2 aromatic rings. The molecule has 122 valence electrons. The van der Waals surface area contributed by atoms with E-state index in [0.29, 0.717) is 0 Å². The number of carbonyl (C=O) groups is 2. The number of carbonyl (C=O) groups excluding carboxylic acids is 1. The summed E-state index contributed by atoms with van der Waals surface area (Å²) in [6, 6.07) is 8.24. The summed E-state index contributed by atoms with van der Waals surface area (Å²) in [7, 11) is 0. The van der Waals surface area contributed by atoms with Crippen LogP contribution in [0.3, 0.4) is 0 Å². The highest BCUT2D eigenvalue weighted by molar-refractivity contribution is 5.81. The molecule has 0 aliphatic carbocycles. The number of rotatable bonds is 4. The first-order valence-corrected chi connectivity index (χ1v) is 7.30. The van der Waals surface area contributed by atoms with E-state index in [0.717, 1.165) is 16.5 Å². The van der Waals surface area contributed by atoms with Crippen LogP contribution in [0.15, 0.2) is 36.5 Å². The monoisotopic (exact) mass is 316 g/mol. The van der Waals surface area contributed by atoms with Crippen molar-refractivity contribution in [3.05, 3.63) is 42.1 Å². The molecule has 2 N–H and O–H groups in total. The Morgan fingerprint density at radius 2 is 2.04 bits per heavy atom. The second-order valence-electron chi connectivity index (χ2n) is 6.27. The van der Waals surface area contributed by atoms with Gasteiger partial charge in [0.15, 0.2) is 0 Å². The Labute approximate surface area is 134 Å². The molecule has 1 aromatic heterocycles. The second kappa shape index (κ2) is 6.64. The van der Waals surface area contributed by atoms with Gasteiger partial charge in [-0.3, -0.25) is 4.98 Å². The minimum Gasteiger partial charge on any atom is -0.480 e. The SMILES string of the molecule is CC(C)(C)OC(=O)N[C@H](Cc1ccc2cccnc2c1)C(=O)O. The van der Waals surface area contributed by atoms with E-state index < -0.39 is 23.7 Å². The average Bonchev–Trinajstić information content (AvgIpc) is 2.44. The highest BCUT2D eigenvalue weighted by Gasteiger charge is 2.24. The number of amides is 1. The minimum atomic E-state index is -1.11. The molecular formula is C17H20N2O4. The smallest absolute Gasteiger partial charge is 0.408 e. The molecule has 1 atom stereocenters. The van der Waals surface area contributed by atoms with Gasteiger partial charge < -0.3 is 15.2 Å². The fourth-order valence-electron chi connectivity index (χ4n) is 2.12. The van der Waals surface area contributed by atoms with Crippen molar-refractivity contribution in [1.82, 2.24) is 10.3 Å². The van der Waals surface area contributed by atoms with Crippen molar-refractivity contribution in [2.45, 2.75) is 38.8 Å². The predicted octanol–water partition coefficient (Wildman–Crippen LogP) is 2.76. The third-order valence-corrected chi connectivity index (χ3v) is 3.10. The van der Waals surface area contributed by atoms with E-state index in [1.807, 2.05) is 30.3 Å². The van der Waals surface area contributed by atoms with Crippen LogP contribution < -0.4 is 5.32 Å². The first-order valence-electron chi connectivity index (χ1n) is 7.30. The number of hydrogen-bond acceptors (Lipinski definition) is 4. The van der Waals surface area contributed by atoms with Crippen molar-refractivity contribution >= 4 is 23.0 Å². The van der Waals surface area contributed by atoms with Crippen LogP contribution in [-0.2, 0) is 16.0 Å². The van der Waals surface area contributed by atoms with Gasteiger partial charge >= 0.3 is 12.1 Å². The number of carboxylic acid groups (broad SMARTS) is 1. The normalized spacial score (nSPS) is 12.7. The number of aromatic nitrogens is 1. The summed E-state index contributed by atoms with van der Waals surface area (Å²) < 4.78 is 5.10. The van der Waals surface area contributed by atoms with Gasteiger partial charge in [0, 0.05) is 18.0 Å². The second-order valence-corrected chi connectivity index (χ2v) is 6.27. The highest BCUT2D eigenvalue weighted by Crippen LogP contribution is 2.15. The summed E-state index contributed by atoms with van der Waals surface area (Å²) in [4.78, 5) is 27.4. The van der Waals surface area contributed by atoms with Crippen LogP contribution in [0.4, 0.5) is 4.79 Å². The van der Waals surface area contributed by atoms with Gasteiger partial charge in [-0.2, -0.15) is 0 Å². The number of carboxylic acids is 1. The van der Waals surface area contributed by atoms with Crippen LogP contribution in [0, 0.1) is 0 Å².